The van der Waals surface area contributed by atoms with Crippen LogP contribution in [0.2, 0.25) is 0 Å². The van der Waals surface area contributed by atoms with E-state index < -0.39 is 45.0 Å². The molecule has 2 aromatic carbocycles. The predicted octanol–water partition coefficient (Wildman–Crippen LogP) is -8.49. The second-order valence-electron chi connectivity index (χ2n) is 4.38. The van der Waals surface area contributed by atoms with Crippen LogP contribution in [0, 0.1) is 0 Å². The maximum Gasteiger partial charge on any atom is 1.00 e. The van der Waals surface area contributed by atoms with Gasteiger partial charge in [-0.05, 0) is 11.5 Å². The van der Waals surface area contributed by atoms with Crippen LogP contribution in [0.1, 0.15) is 0 Å². The minimum absolute atomic E-state index is 0. The molecule has 0 aromatic heterocycles. The largest absolute Gasteiger partial charge is 1.00 e. The van der Waals surface area contributed by atoms with E-state index in [1.807, 2.05) is 0 Å². The fourth-order valence-electron chi connectivity index (χ4n) is 2.08. The van der Waals surface area contributed by atoms with Crippen molar-refractivity contribution >= 4 is 41.1 Å². The molecule has 0 radical (unpaired) electrons. The average Bonchev–Trinajstić information content (AvgIpc) is 2.43. The van der Waals surface area contributed by atoms with Crippen LogP contribution < -0.4 is 88.7 Å². The van der Waals surface area contributed by atoms with Gasteiger partial charge in [0.2, 0.25) is 0 Å². The molecule has 0 fully saturated rings. The first kappa shape index (κ1) is 30.2. The van der Waals surface area contributed by atoms with Gasteiger partial charge in [-0.1, -0.05) is 30.8 Å². The van der Waals surface area contributed by atoms with Gasteiger partial charge in [0.05, 0.1) is 16.1 Å². The fraction of sp³-hybridized carbons (Fsp3) is 0. The van der Waals surface area contributed by atoms with Crippen LogP contribution >= 0.6 is 0 Å². The standard InChI is InChI=1S/C12H10O9S3.3Na/c1-2-21-24(19,20)11-9-6-4-3-5-8(9)7-10(22(13,14)15)12(11)23(16,17)18;;;/h2-7H,1H2,(H,13,14,15)(H,16,17,18);;;/q;3*+1/p-2. The Balaban J connectivity index is 0. The summed E-state index contributed by atoms with van der Waals surface area (Å²) in [4.78, 5) is -4.38. The molecule has 0 amide bonds. The molecule has 2 rings (SSSR count). The Morgan fingerprint density at radius 2 is 1.37 bits per heavy atom. The van der Waals surface area contributed by atoms with Crippen molar-refractivity contribution in [1.82, 2.24) is 0 Å². The van der Waals surface area contributed by atoms with E-state index in [0.29, 0.717) is 12.3 Å². The van der Waals surface area contributed by atoms with E-state index in [2.05, 4.69) is 10.8 Å². The summed E-state index contributed by atoms with van der Waals surface area (Å²) in [5.74, 6) is 0. The van der Waals surface area contributed by atoms with E-state index in [9.17, 15) is 34.4 Å². The third kappa shape index (κ3) is 6.76. The molecule has 0 atom stereocenters. The van der Waals surface area contributed by atoms with Crippen LogP contribution in [0.5, 0.6) is 0 Å². The van der Waals surface area contributed by atoms with E-state index >= 15 is 0 Å². The minimum atomic E-state index is -5.66. The maximum atomic E-state index is 12.2. The maximum absolute atomic E-state index is 12.2. The van der Waals surface area contributed by atoms with Crippen molar-refractivity contribution in [3.8, 4) is 0 Å². The van der Waals surface area contributed by atoms with Gasteiger partial charge in [0, 0.05) is 5.39 Å². The van der Waals surface area contributed by atoms with Gasteiger partial charge in [0.15, 0.2) is 0 Å². The van der Waals surface area contributed by atoms with Crippen molar-refractivity contribution in [1.29, 1.82) is 0 Å². The number of rotatable bonds is 5. The summed E-state index contributed by atoms with van der Waals surface area (Å²) in [6.45, 7) is 3.01. The molecular formula is C12H8Na3O9S3+. The second-order valence-corrected chi connectivity index (χ2v) is 8.55. The smallest absolute Gasteiger partial charge is 0.744 e. The van der Waals surface area contributed by atoms with Gasteiger partial charge < -0.3 is 13.3 Å². The second kappa shape index (κ2) is 10.9. The molecule has 0 saturated heterocycles. The number of fused-ring (bicyclic) bond motifs is 1. The molecule has 0 saturated carbocycles. The van der Waals surface area contributed by atoms with Crippen molar-refractivity contribution in [3.63, 3.8) is 0 Å². The molecule has 0 N–H and O–H groups in total. The summed E-state index contributed by atoms with van der Waals surface area (Å²) in [5, 5.41) is -0.397. The van der Waals surface area contributed by atoms with Crippen molar-refractivity contribution in [2.75, 3.05) is 0 Å². The molecule has 9 nitrogen and oxygen atoms in total. The van der Waals surface area contributed by atoms with Gasteiger partial charge >= 0.3 is 98.8 Å². The molecule has 15 heteroatoms. The zero-order valence-corrected chi connectivity index (χ0v) is 23.0. The van der Waals surface area contributed by atoms with Gasteiger partial charge in [-0.15, -0.1) is 0 Å². The molecule has 0 spiro atoms. The Morgan fingerprint density at radius 1 is 0.852 bits per heavy atom. The van der Waals surface area contributed by atoms with Gasteiger partial charge in [0.1, 0.15) is 25.1 Å². The summed E-state index contributed by atoms with van der Waals surface area (Å²) in [7, 11) is -16.1. The van der Waals surface area contributed by atoms with Gasteiger partial charge in [-0.2, -0.15) is 8.42 Å². The summed E-state index contributed by atoms with van der Waals surface area (Å²) in [6, 6.07) is 5.69. The van der Waals surface area contributed by atoms with Crippen molar-refractivity contribution in [2.45, 2.75) is 14.7 Å². The van der Waals surface area contributed by atoms with Crippen LogP contribution in [0.25, 0.3) is 10.8 Å². The molecule has 0 aliphatic rings. The molecule has 27 heavy (non-hydrogen) atoms. The molecule has 0 aliphatic heterocycles. The Bertz CT molecular complexity index is 1160. The summed E-state index contributed by atoms with van der Waals surface area (Å²) < 4.78 is 97.3. The Labute approximate surface area is 223 Å². The Kier molecular flexibility index (Phi) is 12.2. The van der Waals surface area contributed by atoms with Crippen molar-refractivity contribution < 1.29 is 127 Å². The van der Waals surface area contributed by atoms with Crippen LogP contribution in [0.3, 0.4) is 0 Å². The minimum Gasteiger partial charge on any atom is -0.744 e. The zero-order valence-electron chi connectivity index (χ0n) is 14.6. The van der Waals surface area contributed by atoms with E-state index in [4.69, 9.17) is 0 Å². The molecule has 0 aliphatic carbocycles. The van der Waals surface area contributed by atoms with Crippen LogP contribution in [0.15, 0.2) is 57.9 Å². The Hall–Kier alpha value is 1.01. The molecular weight excluding hydrogens is 453 g/mol. The number of benzene rings is 2. The molecule has 0 bridgehead atoms. The molecule has 0 heterocycles. The first-order valence-corrected chi connectivity index (χ1v) is 10.1. The summed E-state index contributed by atoms with van der Waals surface area (Å²) in [5.41, 5.74) is 0. The Morgan fingerprint density at radius 3 is 1.81 bits per heavy atom. The van der Waals surface area contributed by atoms with Crippen molar-refractivity contribution in [3.05, 3.63) is 43.2 Å². The van der Waals surface area contributed by atoms with Crippen LogP contribution in [-0.4, -0.2) is 34.4 Å². The van der Waals surface area contributed by atoms with Gasteiger partial charge in [-0.3, -0.25) is 0 Å². The fourth-order valence-corrected chi connectivity index (χ4v) is 5.68. The van der Waals surface area contributed by atoms with Gasteiger partial charge in [-0.25, -0.2) is 16.8 Å². The quantitative estimate of drug-likeness (QED) is 0.182. The summed E-state index contributed by atoms with van der Waals surface area (Å²) in [6.07, 6.45) is 0.448. The van der Waals surface area contributed by atoms with E-state index in [0.717, 1.165) is 6.07 Å². The molecule has 0 unspecified atom stereocenters. The third-order valence-electron chi connectivity index (χ3n) is 2.89. The normalized spacial score (nSPS) is 11.5. The van der Waals surface area contributed by atoms with E-state index in [1.54, 1.807) is 0 Å². The van der Waals surface area contributed by atoms with Crippen LogP contribution in [0.4, 0.5) is 0 Å². The number of hydrogen-bond acceptors (Lipinski definition) is 9. The van der Waals surface area contributed by atoms with Crippen molar-refractivity contribution in [2.24, 2.45) is 0 Å². The van der Waals surface area contributed by atoms with E-state index in [1.165, 1.54) is 18.2 Å². The third-order valence-corrected chi connectivity index (χ3v) is 6.24. The first-order chi connectivity index (χ1) is 10.9. The predicted molar refractivity (Wildman–Crippen MR) is 78.3 cm³/mol. The molecule has 130 valence electrons. The van der Waals surface area contributed by atoms with Gasteiger partial charge in [0.25, 0.3) is 0 Å². The topological polar surface area (TPSA) is 158 Å². The van der Waals surface area contributed by atoms with Crippen LogP contribution in [-0.2, 0) is 34.5 Å². The zero-order chi connectivity index (χ0) is 18.3. The van der Waals surface area contributed by atoms with E-state index in [-0.39, 0.29) is 99.4 Å². The number of hydrogen-bond donors (Lipinski definition) is 0. The summed E-state index contributed by atoms with van der Waals surface area (Å²) >= 11 is 0. The monoisotopic (exact) mass is 461 g/mol. The average molecular weight is 461 g/mol. The first-order valence-electron chi connectivity index (χ1n) is 5.91. The SMILES string of the molecule is C=COS(=O)(=O)c1c(S(=O)(=O)[O-])c(S(=O)(=O)[O-])cc2ccccc12.[Na+].[Na+].[Na+]. The molecule has 2 aromatic rings.